The Kier molecular flexibility index (Phi) is 11.0. The highest BCUT2D eigenvalue weighted by atomic mass is 19.1. The molecule has 1 fully saturated rings. The largest absolute Gasteiger partial charge is 0.459 e. The summed E-state index contributed by atoms with van der Waals surface area (Å²) in [6.45, 7) is 4.42. The van der Waals surface area contributed by atoms with Crippen LogP contribution in [0.5, 0.6) is 0 Å². The Hall–Kier alpha value is -2.30. The van der Waals surface area contributed by atoms with Gasteiger partial charge in [-0.25, -0.2) is 19.2 Å². The van der Waals surface area contributed by atoms with Gasteiger partial charge in [0.1, 0.15) is 11.9 Å². The molecule has 5 heteroatoms. The number of carbonyl (C=O) groups is 1. The zero-order valence-electron chi connectivity index (χ0n) is 21.0. The molecule has 0 N–H and O–H groups in total. The van der Waals surface area contributed by atoms with Crippen LogP contribution < -0.4 is 0 Å². The van der Waals surface area contributed by atoms with E-state index in [1.807, 2.05) is 0 Å². The minimum atomic E-state index is -0.584. The number of ether oxygens (including phenoxy) is 1. The first kappa shape index (κ1) is 26.3. The summed E-state index contributed by atoms with van der Waals surface area (Å²) >= 11 is 0. The molecule has 0 atom stereocenters. The van der Waals surface area contributed by atoms with Gasteiger partial charge in [0.25, 0.3) is 0 Å². The van der Waals surface area contributed by atoms with Crippen molar-refractivity contribution >= 4 is 5.97 Å². The highest BCUT2D eigenvalue weighted by molar-refractivity contribution is 5.90. The lowest BCUT2D eigenvalue weighted by molar-refractivity contribution is 0.0156. The lowest BCUT2D eigenvalue weighted by atomic mass is 9.84. The van der Waals surface area contributed by atoms with Crippen molar-refractivity contribution in [1.29, 1.82) is 0 Å². The number of hydrogen-bond acceptors (Lipinski definition) is 4. The van der Waals surface area contributed by atoms with Gasteiger partial charge in [0.15, 0.2) is 5.82 Å². The van der Waals surface area contributed by atoms with Gasteiger partial charge in [0.05, 0.1) is 5.56 Å². The molecule has 1 heterocycles. The first-order valence-corrected chi connectivity index (χ1v) is 13.4. The Morgan fingerprint density at radius 2 is 1.62 bits per heavy atom. The number of esters is 1. The molecule has 0 amide bonds. The highest BCUT2D eigenvalue weighted by Gasteiger charge is 2.25. The first-order valence-electron chi connectivity index (χ1n) is 13.4. The van der Waals surface area contributed by atoms with Crippen LogP contribution in [0, 0.1) is 11.7 Å². The van der Waals surface area contributed by atoms with E-state index in [4.69, 9.17) is 4.74 Å². The maximum absolute atomic E-state index is 14.8. The van der Waals surface area contributed by atoms with Crippen molar-refractivity contribution in [2.24, 2.45) is 5.92 Å². The molecule has 4 nitrogen and oxygen atoms in total. The van der Waals surface area contributed by atoms with Crippen LogP contribution in [-0.2, 0) is 11.2 Å². The molecule has 186 valence electrons. The van der Waals surface area contributed by atoms with E-state index in [1.54, 1.807) is 18.5 Å². The minimum absolute atomic E-state index is 0.0158. The topological polar surface area (TPSA) is 52.1 Å². The third-order valence-corrected chi connectivity index (χ3v) is 7.00. The van der Waals surface area contributed by atoms with Crippen molar-refractivity contribution in [3.63, 3.8) is 0 Å². The standard InChI is InChI=1S/C29H41FN2O2/c1-3-5-7-8-10-11-22-13-16-25(17-14-22)34-29(33)26-18-15-24(19-27(26)30)28-31-20-23(21-32-28)12-9-6-4-2/h15,18-22,25H,3-14,16-17H2,1-2H3. The van der Waals surface area contributed by atoms with Gasteiger partial charge in [-0.3, -0.25) is 0 Å². The maximum atomic E-state index is 14.8. The number of aromatic nitrogens is 2. The second kappa shape index (κ2) is 14.2. The Bertz CT molecular complexity index is 876. The quantitative estimate of drug-likeness (QED) is 0.220. The lowest BCUT2D eigenvalue weighted by Gasteiger charge is -2.28. The third-order valence-electron chi connectivity index (χ3n) is 7.00. The van der Waals surface area contributed by atoms with Gasteiger partial charge in [-0.2, -0.15) is 0 Å². The van der Waals surface area contributed by atoms with Crippen molar-refractivity contribution in [3.8, 4) is 11.4 Å². The molecule has 34 heavy (non-hydrogen) atoms. The fourth-order valence-corrected chi connectivity index (χ4v) is 4.82. The maximum Gasteiger partial charge on any atom is 0.341 e. The average Bonchev–Trinajstić information content (AvgIpc) is 2.85. The molecular weight excluding hydrogens is 427 g/mol. The number of aryl methyl sites for hydroxylation is 1. The van der Waals surface area contributed by atoms with E-state index in [2.05, 4.69) is 23.8 Å². The second-order valence-electron chi connectivity index (χ2n) is 9.82. The molecule has 0 spiro atoms. The molecule has 0 unspecified atom stereocenters. The Morgan fingerprint density at radius 3 is 2.29 bits per heavy atom. The monoisotopic (exact) mass is 468 g/mol. The van der Waals surface area contributed by atoms with E-state index in [0.29, 0.717) is 11.4 Å². The first-order chi connectivity index (χ1) is 16.6. The molecular formula is C29H41FN2O2. The normalized spacial score (nSPS) is 18.1. The second-order valence-corrected chi connectivity index (χ2v) is 9.82. The molecule has 1 aromatic carbocycles. The summed E-state index contributed by atoms with van der Waals surface area (Å²) in [6.07, 6.45) is 19.7. The van der Waals surface area contributed by atoms with Crippen LogP contribution in [-0.4, -0.2) is 22.0 Å². The zero-order valence-corrected chi connectivity index (χ0v) is 21.0. The SMILES string of the molecule is CCCCCCCC1CCC(OC(=O)c2ccc(-c3ncc(CCCCC)cn3)cc2F)CC1. The molecule has 2 aromatic rings. The van der Waals surface area contributed by atoms with Gasteiger partial charge in [0, 0.05) is 18.0 Å². The van der Waals surface area contributed by atoms with Crippen LogP contribution in [0.25, 0.3) is 11.4 Å². The summed E-state index contributed by atoms with van der Waals surface area (Å²) in [5, 5.41) is 0. The average molecular weight is 469 g/mol. The van der Waals surface area contributed by atoms with E-state index in [1.165, 1.54) is 63.5 Å². The van der Waals surface area contributed by atoms with Gasteiger partial charge < -0.3 is 4.74 Å². The summed E-state index contributed by atoms with van der Waals surface area (Å²) in [5.74, 6) is 0.0508. The summed E-state index contributed by atoms with van der Waals surface area (Å²) in [5.41, 5.74) is 1.63. The molecule has 1 saturated carbocycles. The van der Waals surface area contributed by atoms with Crippen molar-refractivity contribution < 1.29 is 13.9 Å². The summed E-state index contributed by atoms with van der Waals surface area (Å²) in [6, 6.07) is 4.52. The molecule has 0 saturated heterocycles. The van der Waals surface area contributed by atoms with Crippen molar-refractivity contribution in [1.82, 2.24) is 9.97 Å². The molecule has 0 radical (unpaired) electrons. The van der Waals surface area contributed by atoms with Gasteiger partial charge in [-0.05, 0) is 62.1 Å². The predicted octanol–water partition coefficient (Wildman–Crippen LogP) is 8.09. The van der Waals surface area contributed by atoms with Crippen LogP contribution in [0.15, 0.2) is 30.6 Å². The number of carbonyl (C=O) groups excluding carboxylic acids is 1. The van der Waals surface area contributed by atoms with Crippen LogP contribution >= 0.6 is 0 Å². The molecule has 1 aliphatic carbocycles. The van der Waals surface area contributed by atoms with Gasteiger partial charge in [-0.1, -0.05) is 71.3 Å². The number of hydrogen-bond donors (Lipinski definition) is 0. The highest BCUT2D eigenvalue weighted by Crippen LogP contribution is 2.31. The molecule has 0 bridgehead atoms. The molecule has 3 rings (SSSR count). The van der Waals surface area contributed by atoms with E-state index in [9.17, 15) is 9.18 Å². The van der Waals surface area contributed by atoms with Crippen LogP contribution in [0.3, 0.4) is 0 Å². The smallest absolute Gasteiger partial charge is 0.341 e. The van der Waals surface area contributed by atoms with E-state index < -0.39 is 11.8 Å². The minimum Gasteiger partial charge on any atom is -0.459 e. The fraction of sp³-hybridized carbons (Fsp3) is 0.621. The summed E-state index contributed by atoms with van der Waals surface area (Å²) in [7, 11) is 0. The Morgan fingerprint density at radius 1 is 0.941 bits per heavy atom. The van der Waals surface area contributed by atoms with Crippen molar-refractivity contribution in [2.75, 3.05) is 0 Å². The summed E-state index contributed by atoms with van der Waals surface area (Å²) in [4.78, 5) is 21.4. The van der Waals surface area contributed by atoms with Crippen LogP contribution in [0.1, 0.15) is 113 Å². The van der Waals surface area contributed by atoms with E-state index in [-0.39, 0.29) is 11.7 Å². The van der Waals surface area contributed by atoms with Gasteiger partial charge in [0.2, 0.25) is 0 Å². The lowest BCUT2D eigenvalue weighted by Crippen LogP contribution is -2.25. The fourth-order valence-electron chi connectivity index (χ4n) is 4.82. The van der Waals surface area contributed by atoms with E-state index in [0.717, 1.165) is 50.0 Å². The van der Waals surface area contributed by atoms with Crippen molar-refractivity contribution in [2.45, 2.75) is 110 Å². The third kappa shape index (κ3) is 8.18. The Balaban J connectivity index is 1.47. The zero-order chi connectivity index (χ0) is 24.2. The number of benzene rings is 1. The number of unbranched alkanes of at least 4 members (excludes halogenated alkanes) is 6. The predicted molar refractivity (Wildman–Crippen MR) is 135 cm³/mol. The van der Waals surface area contributed by atoms with Gasteiger partial charge in [-0.15, -0.1) is 0 Å². The molecule has 0 aliphatic heterocycles. The number of nitrogens with zero attached hydrogens (tertiary/aromatic N) is 2. The Labute approximate surface area is 204 Å². The molecule has 1 aliphatic rings. The van der Waals surface area contributed by atoms with Crippen molar-refractivity contribution in [3.05, 3.63) is 47.5 Å². The van der Waals surface area contributed by atoms with Gasteiger partial charge >= 0.3 is 5.97 Å². The van der Waals surface area contributed by atoms with Crippen LogP contribution in [0.4, 0.5) is 4.39 Å². The van der Waals surface area contributed by atoms with E-state index >= 15 is 0 Å². The van der Waals surface area contributed by atoms with Crippen LogP contribution in [0.2, 0.25) is 0 Å². The summed E-state index contributed by atoms with van der Waals surface area (Å²) < 4.78 is 20.4. The number of halogens is 1. The number of rotatable bonds is 13. The molecule has 1 aromatic heterocycles.